The molecule has 122 valence electrons. The molecule has 0 spiro atoms. The highest BCUT2D eigenvalue weighted by molar-refractivity contribution is 5.66. The lowest BCUT2D eigenvalue weighted by molar-refractivity contribution is -0.186. The van der Waals surface area contributed by atoms with Gasteiger partial charge in [0.05, 0.1) is 0 Å². The van der Waals surface area contributed by atoms with Gasteiger partial charge in [0.1, 0.15) is 17.2 Å². The lowest BCUT2D eigenvalue weighted by Gasteiger charge is -2.30. The minimum atomic E-state index is -5.09. The number of alkyl halides is 3. The van der Waals surface area contributed by atoms with Gasteiger partial charge < -0.3 is 10.2 Å². The van der Waals surface area contributed by atoms with Gasteiger partial charge >= 0.3 is 6.18 Å². The molecule has 1 aliphatic rings. The van der Waals surface area contributed by atoms with Crippen molar-refractivity contribution < 1.29 is 32.2 Å². The molecule has 22 heavy (non-hydrogen) atoms. The van der Waals surface area contributed by atoms with Gasteiger partial charge in [0.25, 0.3) is 0 Å². The van der Waals surface area contributed by atoms with Crippen LogP contribution in [0, 0.1) is 17.6 Å². The molecular weight excluding hydrogens is 307 g/mol. The lowest BCUT2D eigenvalue weighted by atomic mass is 9.82. The summed E-state index contributed by atoms with van der Waals surface area (Å²) < 4.78 is 64.7. The van der Waals surface area contributed by atoms with Crippen molar-refractivity contribution in [3.8, 4) is 0 Å². The van der Waals surface area contributed by atoms with Crippen LogP contribution in [-0.2, 0) is 6.18 Å². The van der Waals surface area contributed by atoms with Gasteiger partial charge in [-0.15, -0.1) is 0 Å². The Labute approximate surface area is 123 Å². The summed E-state index contributed by atoms with van der Waals surface area (Å²) in [4.78, 5) is 0. The average molecular weight is 322 g/mol. The van der Waals surface area contributed by atoms with Crippen molar-refractivity contribution in [2.45, 2.75) is 38.1 Å². The molecule has 0 fully saturated rings. The number of hydrogen-bond acceptors (Lipinski definition) is 2. The van der Waals surface area contributed by atoms with Crippen LogP contribution in [0.2, 0.25) is 0 Å². The second-order valence-electron chi connectivity index (χ2n) is 5.61. The summed E-state index contributed by atoms with van der Waals surface area (Å²) in [5.41, 5.74) is -1.37. The molecule has 0 bridgehead atoms. The van der Waals surface area contributed by atoms with E-state index in [0.29, 0.717) is 30.5 Å². The van der Waals surface area contributed by atoms with Gasteiger partial charge in [0.2, 0.25) is 0 Å². The molecular formula is C15H15F5O2. The van der Waals surface area contributed by atoms with Crippen LogP contribution >= 0.6 is 0 Å². The van der Waals surface area contributed by atoms with Crippen LogP contribution < -0.4 is 0 Å². The van der Waals surface area contributed by atoms with E-state index in [1.165, 1.54) is 6.92 Å². The molecule has 1 atom stereocenters. The zero-order valence-corrected chi connectivity index (χ0v) is 11.7. The van der Waals surface area contributed by atoms with Crippen LogP contribution in [0.25, 0.3) is 5.57 Å². The molecule has 7 heteroatoms. The maximum atomic E-state index is 13.6. The van der Waals surface area contributed by atoms with E-state index < -0.39 is 35.1 Å². The highest BCUT2D eigenvalue weighted by atomic mass is 19.4. The van der Waals surface area contributed by atoms with E-state index >= 15 is 0 Å². The Kier molecular flexibility index (Phi) is 4.32. The Hall–Kier alpha value is -1.47. The molecule has 2 rings (SSSR count). The fraction of sp³-hybridized carbons (Fsp3) is 0.467. The predicted octanol–water partition coefficient (Wildman–Crippen LogP) is 3.87. The number of benzene rings is 1. The van der Waals surface area contributed by atoms with Crippen molar-refractivity contribution in [1.82, 2.24) is 0 Å². The summed E-state index contributed by atoms with van der Waals surface area (Å²) in [6, 6.07) is 1.32. The molecule has 1 aromatic carbocycles. The van der Waals surface area contributed by atoms with Crippen LogP contribution in [0.5, 0.6) is 0 Å². The van der Waals surface area contributed by atoms with Gasteiger partial charge in [-0.25, -0.2) is 8.78 Å². The van der Waals surface area contributed by atoms with E-state index in [9.17, 15) is 32.2 Å². The largest absolute Gasteiger partial charge is 0.422 e. The van der Waals surface area contributed by atoms with Gasteiger partial charge in [-0.2, -0.15) is 13.2 Å². The van der Waals surface area contributed by atoms with Gasteiger partial charge in [0, 0.05) is 5.92 Å². The van der Waals surface area contributed by atoms with Crippen molar-refractivity contribution in [2.75, 3.05) is 0 Å². The third-order valence-electron chi connectivity index (χ3n) is 3.88. The summed E-state index contributed by atoms with van der Waals surface area (Å²) in [6.07, 6.45) is -2.59. The quantitative estimate of drug-likeness (QED) is 0.641. The van der Waals surface area contributed by atoms with E-state index in [-0.39, 0.29) is 12.0 Å². The van der Waals surface area contributed by atoms with Gasteiger partial charge in [-0.1, -0.05) is 6.08 Å². The molecule has 0 aliphatic heterocycles. The molecule has 2 nitrogen and oxygen atoms in total. The summed E-state index contributed by atoms with van der Waals surface area (Å²) in [7, 11) is 0. The van der Waals surface area contributed by atoms with Gasteiger partial charge in [-0.3, -0.25) is 0 Å². The minimum Gasteiger partial charge on any atom is -0.366 e. The van der Waals surface area contributed by atoms with Crippen LogP contribution in [0.3, 0.4) is 0 Å². The van der Waals surface area contributed by atoms with Crippen molar-refractivity contribution in [3.63, 3.8) is 0 Å². The van der Waals surface area contributed by atoms with E-state index in [2.05, 4.69) is 0 Å². The predicted molar refractivity (Wildman–Crippen MR) is 69.5 cm³/mol. The van der Waals surface area contributed by atoms with E-state index in [1.54, 1.807) is 6.08 Å². The lowest BCUT2D eigenvalue weighted by Crippen LogP contribution is -2.34. The molecule has 0 heterocycles. The summed E-state index contributed by atoms with van der Waals surface area (Å²) in [6.45, 7) is 1.24. The second kappa shape index (κ2) is 5.62. The third-order valence-corrected chi connectivity index (χ3v) is 3.88. The van der Waals surface area contributed by atoms with E-state index in [1.807, 2.05) is 0 Å². The fourth-order valence-corrected chi connectivity index (χ4v) is 2.62. The first kappa shape index (κ1) is 16.9. The molecule has 0 amide bonds. The Morgan fingerprint density at radius 2 is 1.64 bits per heavy atom. The summed E-state index contributed by atoms with van der Waals surface area (Å²) >= 11 is 0. The molecule has 0 saturated heterocycles. The highest BCUT2D eigenvalue weighted by Gasteiger charge is 2.38. The maximum absolute atomic E-state index is 13.6. The molecule has 0 aromatic heterocycles. The molecule has 0 saturated carbocycles. The van der Waals surface area contributed by atoms with Gasteiger partial charge in [-0.05, 0) is 49.5 Å². The first-order chi connectivity index (χ1) is 10.00. The molecule has 1 unspecified atom stereocenters. The van der Waals surface area contributed by atoms with Crippen LogP contribution in [0.4, 0.5) is 22.0 Å². The Morgan fingerprint density at radius 1 is 1.09 bits per heavy atom. The molecule has 1 aromatic rings. The van der Waals surface area contributed by atoms with Crippen molar-refractivity contribution in [3.05, 3.63) is 41.0 Å². The number of allylic oxidation sites excluding steroid dienone is 2. The molecule has 1 aliphatic carbocycles. The zero-order valence-electron chi connectivity index (χ0n) is 11.7. The van der Waals surface area contributed by atoms with E-state index in [0.717, 1.165) is 0 Å². The molecule has 0 radical (unpaired) electrons. The number of hydrogen-bond donors (Lipinski definition) is 2. The first-order valence-corrected chi connectivity index (χ1v) is 6.70. The van der Waals surface area contributed by atoms with Gasteiger partial charge in [0.15, 0.2) is 5.79 Å². The zero-order chi connectivity index (χ0) is 16.7. The normalized spacial score (nSPS) is 20.0. The Morgan fingerprint density at radius 3 is 2.00 bits per heavy atom. The smallest absolute Gasteiger partial charge is 0.366 e. The monoisotopic (exact) mass is 322 g/mol. The SMILES string of the molecule is CC(O)(O)C1CC=C(c2cc(F)c(C(F)(F)F)c(F)c2)CC1. The second-order valence-corrected chi connectivity index (χ2v) is 5.61. The Balaban J connectivity index is 2.31. The molecule has 2 N–H and O–H groups in total. The number of rotatable bonds is 2. The minimum absolute atomic E-state index is 0.0408. The standard InChI is InChI=1S/C15H15F5O2/c1-14(21,22)10-4-2-8(3-5-10)9-6-11(16)13(12(17)7-9)15(18,19)20/h2,6-7,10,21-22H,3-5H2,1H3. The van der Waals surface area contributed by atoms with E-state index in [4.69, 9.17) is 0 Å². The van der Waals surface area contributed by atoms with Crippen molar-refractivity contribution in [2.24, 2.45) is 5.92 Å². The summed E-state index contributed by atoms with van der Waals surface area (Å²) in [5, 5.41) is 19.0. The van der Waals surface area contributed by atoms with Crippen molar-refractivity contribution in [1.29, 1.82) is 0 Å². The van der Waals surface area contributed by atoms with Crippen LogP contribution in [-0.4, -0.2) is 16.0 Å². The summed E-state index contributed by atoms with van der Waals surface area (Å²) in [5.74, 6) is -5.60. The maximum Gasteiger partial charge on any atom is 0.422 e. The average Bonchev–Trinajstić information content (AvgIpc) is 2.35. The van der Waals surface area contributed by atoms with Crippen LogP contribution in [0.15, 0.2) is 18.2 Å². The van der Waals surface area contributed by atoms with Crippen molar-refractivity contribution >= 4 is 5.57 Å². The number of halogens is 5. The van der Waals surface area contributed by atoms with Crippen LogP contribution in [0.1, 0.15) is 37.3 Å². The first-order valence-electron chi connectivity index (χ1n) is 6.70. The topological polar surface area (TPSA) is 40.5 Å². The Bertz CT molecular complexity index is 576. The highest BCUT2D eigenvalue weighted by Crippen LogP contribution is 2.38. The number of aliphatic hydroxyl groups is 2. The fourth-order valence-electron chi connectivity index (χ4n) is 2.62. The third kappa shape index (κ3) is 3.47.